The molecule has 0 saturated carbocycles. The van der Waals surface area contributed by atoms with E-state index >= 15 is 0 Å². The molecule has 0 aliphatic carbocycles. The van der Waals surface area contributed by atoms with Crippen LogP contribution in [0.5, 0.6) is 0 Å². The minimum atomic E-state index is -0.139. The summed E-state index contributed by atoms with van der Waals surface area (Å²) in [6.45, 7) is 3.35. The summed E-state index contributed by atoms with van der Waals surface area (Å²) in [7, 11) is 0. The Kier molecular flexibility index (Phi) is 3.26. The predicted octanol–water partition coefficient (Wildman–Crippen LogP) is 0.250. The first-order valence-electron chi connectivity index (χ1n) is 5.41. The molecule has 0 spiro atoms. The van der Waals surface area contributed by atoms with Crippen LogP contribution in [0.3, 0.4) is 0 Å². The van der Waals surface area contributed by atoms with Crippen LogP contribution in [0.15, 0.2) is 18.3 Å². The number of anilines is 2. The van der Waals surface area contributed by atoms with Crippen LogP contribution in [-0.2, 0) is 4.74 Å². The highest BCUT2D eigenvalue weighted by Gasteiger charge is 2.26. The Bertz CT molecular complexity index is 359. The zero-order valence-corrected chi connectivity index (χ0v) is 9.34. The zero-order chi connectivity index (χ0) is 11.5. The maximum absolute atomic E-state index is 9.10. The number of nitrogens with two attached hydrogens (primary N) is 1. The van der Waals surface area contributed by atoms with E-state index in [2.05, 4.69) is 16.8 Å². The summed E-state index contributed by atoms with van der Waals surface area (Å²) >= 11 is 0. The number of aliphatic hydroxyl groups excluding tert-OH is 1. The number of rotatable bonds is 2. The number of hydrogen-bond donors (Lipinski definition) is 2. The maximum Gasteiger partial charge on any atom is 0.130 e. The lowest BCUT2D eigenvalue weighted by Crippen LogP contribution is -2.49. The van der Waals surface area contributed by atoms with Crippen molar-refractivity contribution >= 4 is 11.5 Å². The molecule has 0 radical (unpaired) electrons. The highest BCUT2D eigenvalue weighted by molar-refractivity contribution is 5.51. The lowest BCUT2D eigenvalue weighted by atomic mass is 10.2. The summed E-state index contributed by atoms with van der Waals surface area (Å²) in [5.41, 5.74) is 6.43. The molecule has 2 atom stereocenters. The summed E-state index contributed by atoms with van der Waals surface area (Å²) in [5.74, 6) is 0.842. The average Bonchev–Trinajstić information content (AvgIpc) is 2.30. The minimum absolute atomic E-state index is 0.0333. The number of aromatic nitrogens is 1. The molecule has 2 unspecified atom stereocenters. The van der Waals surface area contributed by atoms with Gasteiger partial charge in [0, 0.05) is 24.5 Å². The lowest BCUT2D eigenvalue weighted by Gasteiger charge is -2.38. The minimum Gasteiger partial charge on any atom is -0.399 e. The standard InChI is InChI=1S/C11H17N3O2/c1-8-7-16-10(6-15)5-14(8)11-4-9(12)2-3-13-11/h2-4,8,10,15H,5-7H2,1H3,(H2,12,13). The first-order chi connectivity index (χ1) is 7.70. The van der Waals surface area contributed by atoms with Gasteiger partial charge in [-0.1, -0.05) is 0 Å². The van der Waals surface area contributed by atoms with Crippen molar-refractivity contribution in [3.8, 4) is 0 Å². The lowest BCUT2D eigenvalue weighted by molar-refractivity contribution is -0.0105. The Balaban J connectivity index is 2.17. The van der Waals surface area contributed by atoms with Crippen LogP contribution >= 0.6 is 0 Å². The molecule has 88 valence electrons. The van der Waals surface area contributed by atoms with E-state index in [1.54, 1.807) is 12.3 Å². The second-order valence-corrected chi connectivity index (χ2v) is 4.09. The van der Waals surface area contributed by atoms with Crippen molar-refractivity contribution in [2.24, 2.45) is 0 Å². The molecule has 1 aliphatic heterocycles. The van der Waals surface area contributed by atoms with Crippen molar-refractivity contribution in [2.75, 3.05) is 30.4 Å². The molecular formula is C11H17N3O2. The van der Waals surface area contributed by atoms with E-state index in [9.17, 15) is 0 Å². The highest BCUT2D eigenvalue weighted by atomic mass is 16.5. The van der Waals surface area contributed by atoms with Gasteiger partial charge < -0.3 is 20.5 Å². The van der Waals surface area contributed by atoms with E-state index in [1.165, 1.54) is 0 Å². The number of hydrogen-bond acceptors (Lipinski definition) is 5. The van der Waals surface area contributed by atoms with Crippen LogP contribution in [0.25, 0.3) is 0 Å². The van der Waals surface area contributed by atoms with Gasteiger partial charge >= 0.3 is 0 Å². The molecule has 5 nitrogen and oxygen atoms in total. The van der Waals surface area contributed by atoms with Gasteiger partial charge in [-0.25, -0.2) is 4.98 Å². The van der Waals surface area contributed by atoms with E-state index in [0.29, 0.717) is 18.8 Å². The Morgan fingerprint density at radius 3 is 3.19 bits per heavy atom. The molecular weight excluding hydrogens is 206 g/mol. The van der Waals surface area contributed by atoms with Crippen molar-refractivity contribution in [1.29, 1.82) is 0 Å². The van der Waals surface area contributed by atoms with E-state index in [-0.39, 0.29) is 18.8 Å². The van der Waals surface area contributed by atoms with Gasteiger partial charge in [-0.05, 0) is 13.0 Å². The van der Waals surface area contributed by atoms with Crippen LogP contribution in [0.2, 0.25) is 0 Å². The van der Waals surface area contributed by atoms with Crippen molar-refractivity contribution in [3.05, 3.63) is 18.3 Å². The van der Waals surface area contributed by atoms with E-state index in [4.69, 9.17) is 15.6 Å². The second kappa shape index (κ2) is 4.67. The Morgan fingerprint density at radius 1 is 1.69 bits per heavy atom. The van der Waals surface area contributed by atoms with Crippen molar-refractivity contribution in [2.45, 2.75) is 19.1 Å². The van der Waals surface area contributed by atoms with Gasteiger partial charge in [0.15, 0.2) is 0 Å². The van der Waals surface area contributed by atoms with E-state index < -0.39 is 0 Å². The fraction of sp³-hybridized carbons (Fsp3) is 0.545. The van der Waals surface area contributed by atoms with Crippen LogP contribution in [0, 0.1) is 0 Å². The normalized spacial score (nSPS) is 25.8. The number of nitrogens with zero attached hydrogens (tertiary/aromatic N) is 2. The fourth-order valence-corrected chi connectivity index (χ4v) is 1.84. The molecule has 0 amide bonds. The number of pyridine rings is 1. The molecule has 1 aromatic heterocycles. The molecule has 3 N–H and O–H groups in total. The molecule has 5 heteroatoms. The van der Waals surface area contributed by atoms with Gasteiger partial charge in [-0.15, -0.1) is 0 Å². The maximum atomic E-state index is 9.10. The highest BCUT2D eigenvalue weighted by Crippen LogP contribution is 2.20. The van der Waals surface area contributed by atoms with Gasteiger partial charge in [-0.3, -0.25) is 0 Å². The molecule has 2 rings (SSSR count). The average molecular weight is 223 g/mol. The van der Waals surface area contributed by atoms with Gasteiger partial charge in [0.25, 0.3) is 0 Å². The van der Waals surface area contributed by atoms with E-state index in [1.807, 2.05) is 6.07 Å². The van der Waals surface area contributed by atoms with Crippen molar-refractivity contribution in [3.63, 3.8) is 0 Å². The smallest absolute Gasteiger partial charge is 0.130 e. The summed E-state index contributed by atoms with van der Waals surface area (Å²) in [4.78, 5) is 6.40. The van der Waals surface area contributed by atoms with Crippen LogP contribution in [0.1, 0.15) is 6.92 Å². The molecule has 2 heterocycles. The SMILES string of the molecule is CC1COC(CO)CN1c1cc(N)ccn1. The number of morpholine rings is 1. The summed E-state index contributed by atoms with van der Waals surface area (Å²) in [6, 6.07) is 3.85. The summed E-state index contributed by atoms with van der Waals surface area (Å²) in [5, 5.41) is 9.10. The van der Waals surface area contributed by atoms with Gasteiger partial charge in [0.2, 0.25) is 0 Å². The Morgan fingerprint density at radius 2 is 2.50 bits per heavy atom. The van der Waals surface area contributed by atoms with Gasteiger partial charge in [0.1, 0.15) is 5.82 Å². The quantitative estimate of drug-likeness (QED) is 0.752. The van der Waals surface area contributed by atoms with Gasteiger partial charge in [0.05, 0.1) is 25.4 Å². The molecule has 0 aromatic carbocycles. The van der Waals surface area contributed by atoms with Crippen molar-refractivity contribution < 1.29 is 9.84 Å². The Labute approximate surface area is 94.8 Å². The first-order valence-corrected chi connectivity index (χ1v) is 5.41. The number of nitrogen functional groups attached to an aromatic ring is 1. The molecule has 1 aliphatic rings. The number of aliphatic hydroxyl groups is 1. The second-order valence-electron chi connectivity index (χ2n) is 4.09. The topological polar surface area (TPSA) is 71.6 Å². The number of ether oxygens (including phenoxy) is 1. The largest absolute Gasteiger partial charge is 0.399 e. The third-order valence-electron chi connectivity index (χ3n) is 2.77. The third-order valence-corrected chi connectivity index (χ3v) is 2.77. The van der Waals surface area contributed by atoms with Gasteiger partial charge in [-0.2, -0.15) is 0 Å². The fourth-order valence-electron chi connectivity index (χ4n) is 1.84. The monoisotopic (exact) mass is 223 g/mol. The molecule has 1 aromatic rings. The van der Waals surface area contributed by atoms with Crippen LogP contribution in [-0.4, -0.2) is 42.0 Å². The molecule has 16 heavy (non-hydrogen) atoms. The van der Waals surface area contributed by atoms with Crippen LogP contribution in [0.4, 0.5) is 11.5 Å². The summed E-state index contributed by atoms with van der Waals surface area (Å²) < 4.78 is 5.47. The van der Waals surface area contributed by atoms with Crippen molar-refractivity contribution in [1.82, 2.24) is 4.98 Å². The molecule has 0 bridgehead atoms. The first kappa shape index (κ1) is 11.2. The molecule has 1 saturated heterocycles. The van der Waals surface area contributed by atoms with Crippen LogP contribution < -0.4 is 10.6 Å². The Hall–Kier alpha value is -1.33. The summed E-state index contributed by atoms with van der Waals surface area (Å²) in [6.07, 6.45) is 1.56. The van der Waals surface area contributed by atoms with E-state index in [0.717, 1.165) is 5.82 Å². The zero-order valence-electron chi connectivity index (χ0n) is 9.34. The third kappa shape index (κ3) is 2.25. The predicted molar refractivity (Wildman–Crippen MR) is 62.3 cm³/mol. The molecule has 1 fully saturated rings.